The lowest BCUT2D eigenvalue weighted by Crippen LogP contribution is -2.09. The number of rotatable bonds is 7. The van der Waals surface area contributed by atoms with Crippen LogP contribution in [-0.2, 0) is 6.54 Å². The van der Waals surface area contributed by atoms with Crippen molar-refractivity contribution < 1.29 is 8.94 Å². The summed E-state index contributed by atoms with van der Waals surface area (Å²) >= 11 is 0. The van der Waals surface area contributed by atoms with Gasteiger partial charge < -0.3 is 18.8 Å². The molecule has 4 aromatic heterocycles. The first-order chi connectivity index (χ1) is 13.2. The molecule has 4 rings (SSSR count). The summed E-state index contributed by atoms with van der Waals surface area (Å²) in [5.74, 6) is 2.64. The van der Waals surface area contributed by atoms with Crippen LogP contribution in [0, 0.1) is 13.8 Å². The van der Waals surface area contributed by atoms with E-state index in [0.717, 1.165) is 36.5 Å². The highest BCUT2D eigenvalue weighted by Crippen LogP contribution is 2.32. The molecular weight excluding hydrogens is 344 g/mol. The van der Waals surface area contributed by atoms with E-state index in [1.807, 2.05) is 49.1 Å². The zero-order valence-electron chi connectivity index (χ0n) is 15.2. The topological polar surface area (TPSA) is 94.8 Å². The number of aromatic nitrogens is 5. The molecule has 4 heterocycles. The second-order valence-corrected chi connectivity index (χ2v) is 6.28. The van der Waals surface area contributed by atoms with Crippen molar-refractivity contribution in [3.63, 3.8) is 0 Å². The Hall–Kier alpha value is -3.42. The fraction of sp³-hybridized carbons (Fsp3) is 0.263. The molecule has 4 aromatic rings. The molecule has 0 unspecified atom stereocenters. The van der Waals surface area contributed by atoms with Gasteiger partial charge in [0.15, 0.2) is 11.5 Å². The molecule has 1 N–H and O–H groups in total. The zero-order chi connectivity index (χ0) is 18.6. The molecule has 0 aliphatic heterocycles. The summed E-state index contributed by atoms with van der Waals surface area (Å²) < 4.78 is 13.2. The SMILES string of the molecule is Cc1cc(-c2cnc(NCCCn3ccnc3)nc2-c2ccc(C)o2)on1. The lowest BCUT2D eigenvalue weighted by Gasteiger charge is -2.09. The molecule has 8 heteroatoms. The van der Waals surface area contributed by atoms with Crippen molar-refractivity contribution in [2.75, 3.05) is 11.9 Å². The van der Waals surface area contributed by atoms with Crippen LogP contribution < -0.4 is 5.32 Å². The molecule has 0 radical (unpaired) electrons. The monoisotopic (exact) mass is 364 g/mol. The average molecular weight is 364 g/mol. The largest absolute Gasteiger partial charge is 0.460 e. The van der Waals surface area contributed by atoms with Crippen molar-refractivity contribution >= 4 is 5.95 Å². The van der Waals surface area contributed by atoms with Gasteiger partial charge in [0.1, 0.15) is 11.5 Å². The summed E-state index contributed by atoms with van der Waals surface area (Å²) in [7, 11) is 0. The van der Waals surface area contributed by atoms with Crippen molar-refractivity contribution in [3.05, 3.63) is 54.6 Å². The fourth-order valence-electron chi connectivity index (χ4n) is 2.77. The summed E-state index contributed by atoms with van der Waals surface area (Å²) in [4.78, 5) is 13.1. The van der Waals surface area contributed by atoms with Crippen molar-refractivity contribution in [1.82, 2.24) is 24.7 Å². The molecule has 0 fully saturated rings. The average Bonchev–Trinajstić information content (AvgIpc) is 3.41. The van der Waals surface area contributed by atoms with E-state index in [-0.39, 0.29) is 0 Å². The Morgan fingerprint density at radius 2 is 2.11 bits per heavy atom. The molecule has 8 nitrogen and oxygen atoms in total. The molecule has 0 aliphatic carbocycles. The first kappa shape index (κ1) is 17.0. The molecule has 0 aromatic carbocycles. The minimum absolute atomic E-state index is 0.546. The second kappa shape index (κ2) is 7.45. The molecule has 0 amide bonds. The molecule has 0 saturated heterocycles. The van der Waals surface area contributed by atoms with Crippen LogP contribution in [0.3, 0.4) is 0 Å². The predicted molar refractivity (Wildman–Crippen MR) is 100 cm³/mol. The van der Waals surface area contributed by atoms with Crippen LogP contribution in [0.25, 0.3) is 22.8 Å². The molecule has 0 aliphatic rings. The number of nitrogens with one attached hydrogen (secondary N) is 1. The molecule has 0 saturated carbocycles. The lowest BCUT2D eigenvalue weighted by molar-refractivity contribution is 0.427. The quantitative estimate of drug-likeness (QED) is 0.499. The number of nitrogens with zero attached hydrogens (tertiary/aromatic N) is 5. The number of hydrogen-bond donors (Lipinski definition) is 1. The van der Waals surface area contributed by atoms with Crippen LogP contribution in [0.15, 0.2) is 52.1 Å². The molecule has 0 bridgehead atoms. The number of aryl methyl sites for hydroxylation is 3. The van der Waals surface area contributed by atoms with E-state index in [4.69, 9.17) is 8.94 Å². The third-order valence-electron chi connectivity index (χ3n) is 4.09. The zero-order valence-corrected chi connectivity index (χ0v) is 15.2. The highest BCUT2D eigenvalue weighted by atomic mass is 16.5. The number of furan rings is 1. The first-order valence-electron chi connectivity index (χ1n) is 8.76. The maximum absolute atomic E-state index is 5.78. The molecule has 0 spiro atoms. The van der Waals surface area contributed by atoms with Gasteiger partial charge in [0.05, 0.1) is 17.6 Å². The highest BCUT2D eigenvalue weighted by molar-refractivity contribution is 5.75. The van der Waals surface area contributed by atoms with E-state index in [9.17, 15) is 0 Å². The van der Waals surface area contributed by atoms with Crippen LogP contribution in [0.5, 0.6) is 0 Å². The van der Waals surface area contributed by atoms with Crippen molar-refractivity contribution in [3.8, 4) is 22.8 Å². The van der Waals surface area contributed by atoms with E-state index >= 15 is 0 Å². The summed E-state index contributed by atoms with van der Waals surface area (Å²) in [5.41, 5.74) is 2.22. The van der Waals surface area contributed by atoms with Crippen molar-refractivity contribution in [2.24, 2.45) is 0 Å². The lowest BCUT2D eigenvalue weighted by atomic mass is 10.1. The Morgan fingerprint density at radius 3 is 2.81 bits per heavy atom. The standard InChI is InChI=1S/C19H20N6O2/c1-13-10-17(27-24-13)15-11-22-19(21-6-3-8-25-9-7-20-12-25)23-18(15)16-5-4-14(2)26-16/h4-5,7,9-12H,3,6,8H2,1-2H3,(H,21,22,23). The van der Waals surface area contributed by atoms with Gasteiger partial charge in [-0.3, -0.25) is 0 Å². The normalized spacial score (nSPS) is 11.0. The summed E-state index contributed by atoms with van der Waals surface area (Å²) in [6, 6.07) is 5.66. The number of anilines is 1. The third-order valence-corrected chi connectivity index (χ3v) is 4.09. The van der Waals surface area contributed by atoms with Gasteiger partial charge in [0.2, 0.25) is 5.95 Å². The summed E-state index contributed by atoms with van der Waals surface area (Å²) in [6.45, 7) is 5.40. The van der Waals surface area contributed by atoms with Crippen LogP contribution >= 0.6 is 0 Å². The molecule has 0 atom stereocenters. The van der Waals surface area contributed by atoms with E-state index < -0.39 is 0 Å². The molecule has 138 valence electrons. The number of hydrogen-bond acceptors (Lipinski definition) is 7. The minimum Gasteiger partial charge on any atom is -0.460 e. The van der Waals surface area contributed by atoms with Crippen LogP contribution in [0.2, 0.25) is 0 Å². The van der Waals surface area contributed by atoms with Gasteiger partial charge in [-0.05, 0) is 32.4 Å². The van der Waals surface area contributed by atoms with Crippen LogP contribution in [-0.4, -0.2) is 31.2 Å². The first-order valence-corrected chi connectivity index (χ1v) is 8.76. The van der Waals surface area contributed by atoms with Gasteiger partial charge in [-0.15, -0.1) is 0 Å². The Balaban J connectivity index is 1.55. The maximum atomic E-state index is 5.78. The third kappa shape index (κ3) is 3.89. The van der Waals surface area contributed by atoms with Crippen molar-refractivity contribution in [2.45, 2.75) is 26.8 Å². The van der Waals surface area contributed by atoms with Crippen LogP contribution in [0.1, 0.15) is 17.9 Å². The van der Waals surface area contributed by atoms with E-state index in [1.54, 1.807) is 12.4 Å². The summed E-state index contributed by atoms with van der Waals surface area (Å²) in [6.07, 6.45) is 8.19. The van der Waals surface area contributed by atoms with Gasteiger partial charge in [-0.2, -0.15) is 0 Å². The molecular formula is C19H20N6O2. The van der Waals surface area contributed by atoms with E-state index in [2.05, 4.69) is 25.4 Å². The van der Waals surface area contributed by atoms with Gasteiger partial charge in [0.25, 0.3) is 0 Å². The minimum atomic E-state index is 0.546. The van der Waals surface area contributed by atoms with E-state index in [1.165, 1.54) is 0 Å². The van der Waals surface area contributed by atoms with Crippen LogP contribution in [0.4, 0.5) is 5.95 Å². The Bertz CT molecular complexity index is 1020. The van der Waals surface area contributed by atoms with Gasteiger partial charge in [-0.1, -0.05) is 5.16 Å². The Labute approximate surface area is 156 Å². The maximum Gasteiger partial charge on any atom is 0.223 e. The smallest absolute Gasteiger partial charge is 0.223 e. The molecule has 27 heavy (non-hydrogen) atoms. The second-order valence-electron chi connectivity index (χ2n) is 6.28. The highest BCUT2D eigenvalue weighted by Gasteiger charge is 2.17. The Morgan fingerprint density at radius 1 is 1.19 bits per heavy atom. The predicted octanol–water partition coefficient (Wildman–Crippen LogP) is 3.71. The van der Waals surface area contributed by atoms with Gasteiger partial charge in [0, 0.05) is 37.7 Å². The number of imidazole rings is 1. The van der Waals surface area contributed by atoms with Crippen molar-refractivity contribution in [1.29, 1.82) is 0 Å². The van der Waals surface area contributed by atoms with Gasteiger partial charge in [-0.25, -0.2) is 15.0 Å². The van der Waals surface area contributed by atoms with E-state index in [0.29, 0.717) is 23.2 Å². The summed E-state index contributed by atoms with van der Waals surface area (Å²) in [5, 5.41) is 7.22. The fourth-order valence-corrected chi connectivity index (χ4v) is 2.77. The van der Waals surface area contributed by atoms with Gasteiger partial charge >= 0.3 is 0 Å². The Kier molecular flexibility index (Phi) is 4.69.